The third-order valence-electron chi connectivity index (χ3n) is 7.74. The standard InChI is InChI=1S/C36H32N4O.Pt/c1-24-33(41-27-12-10-11-26(22-27)39-23-38(5)31-15-8-9-16-32(31)39)18-17-29-28-13-6-7-14-30(28)40(35(24)29)34-21-25(19-20-37-34)36(2,3)4;/h6-21,23H,1-5H3;/q-2;+2/i5D3;. The summed E-state index contributed by atoms with van der Waals surface area (Å²) in [5.74, 6) is 2.09. The van der Waals surface area contributed by atoms with Crippen LogP contribution >= 0.6 is 0 Å². The van der Waals surface area contributed by atoms with Gasteiger partial charge in [-0.25, -0.2) is 4.98 Å². The van der Waals surface area contributed by atoms with E-state index < -0.39 is 6.98 Å². The Morgan fingerprint density at radius 1 is 0.881 bits per heavy atom. The number of anilines is 3. The maximum Gasteiger partial charge on any atom is 2.00 e. The molecule has 4 aromatic carbocycles. The molecule has 212 valence electrons. The SMILES string of the molecule is [2H]C([2H])([2H])N1[CH-]N(c2[c-]c(Oc3ccc4c5ccccc5n(-c5cc(C(C)(C)C)ccn5)c4c3C)ccc2)c2ccccc21.[Pt+2]. The van der Waals surface area contributed by atoms with Gasteiger partial charge in [-0.05, 0) is 67.3 Å². The van der Waals surface area contributed by atoms with E-state index in [4.69, 9.17) is 13.8 Å². The minimum absolute atomic E-state index is 0. The first-order chi connectivity index (χ1) is 21.0. The second kappa shape index (κ2) is 10.6. The van der Waals surface area contributed by atoms with Crippen LogP contribution in [0.4, 0.5) is 17.1 Å². The van der Waals surface area contributed by atoms with Crippen LogP contribution in [0.25, 0.3) is 27.6 Å². The van der Waals surface area contributed by atoms with Gasteiger partial charge < -0.3 is 14.5 Å². The monoisotopic (exact) mass is 734 g/mol. The molecule has 5 nitrogen and oxygen atoms in total. The largest absolute Gasteiger partial charge is 2.00 e. The molecule has 42 heavy (non-hydrogen) atoms. The van der Waals surface area contributed by atoms with Crippen molar-refractivity contribution in [2.45, 2.75) is 33.1 Å². The maximum atomic E-state index is 8.01. The summed E-state index contributed by atoms with van der Waals surface area (Å²) in [5.41, 5.74) is 6.35. The first kappa shape index (κ1) is 24.5. The number of aryl methyl sites for hydroxylation is 1. The molecule has 7 rings (SSSR count). The number of rotatable bonds is 4. The molecule has 6 aromatic rings. The summed E-state index contributed by atoms with van der Waals surface area (Å²) in [5, 5.41) is 2.27. The minimum atomic E-state index is -2.31. The van der Waals surface area contributed by atoms with E-state index in [2.05, 4.69) is 80.8 Å². The molecule has 6 heteroatoms. The topological polar surface area (TPSA) is 33.5 Å². The van der Waals surface area contributed by atoms with Gasteiger partial charge in [0.1, 0.15) is 11.6 Å². The molecular formula is C36H32N4OPt. The number of nitrogens with zero attached hydrogens (tertiary/aromatic N) is 4. The third-order valence-corrected chi connectivity index (χ3v) is 7.74. The van der Waals surface area contributed by atoms with Gasteiger partial charge in [0.2, 0.25) is 0 Å². The Kier molecular flexibility index (Phi) is 6.21. The Morgan fingerprint density at radius 3 is 2.48 bits per heavy atom. The van der Waals surface area contributed by atoms with Gasteiger partial charge in [0.05, 0.1) is 11.0 Å². The first-order valence-corrected chi connectivity index (χ1v) is 13.7. The summed E-state index contributed by atoms with van der Waals surface area (Å²) in [6, 6.07) is 33.2. The molecule has 0 unspecified atom stereocenters. The van der Waals surface area contributed by atoms with Gasteiger partial charge in [0.25, 0.3) is 0 Å². The average molecular weight is 735 g/mol. The summed E-state index contributed by atoms with van der Waals surface area (Å²) in [6.45, 7) is 7.98. The van der Waals surface area contributed by atoms with Crippen molar-refractivity contribution in [2.24, 2.45) is 0 Å². The van der Waals surface area contributed by atoms with Crippen molar-refractivity contribution in [2.75, 3.05) is 16.8 Å². The van der Waals surface area contributed by atoms with Crippen molar-refractivity contribution in [3.63, 3.8) is 0 Å². The quantitative estimate of drug-likeness (QED) is 0.169. The summed E-state index contributed by atoms with van der Waals surface area (Å²) in [7, 11) is 0. The van der Waals surface area contributed by atoms with Gasteiger partial charge in [0, 0.05) is 43.8 Å². The number of hydrogen-bond acceptors (Lipinski definition) is 4. The molecule has 0 saturated carbocycles. The molecule has 0 N–H and O–H groups in total. The van der Waals surface area contributed by atoms with Crippen molar-refractivity contribution < 1.29 is 29.9 Å². The number of para-hydroxylation sites is 3. The van der Waals surface area contributed by atoms with E-state index in [9.17, 15) is 0 Å². The summed E-state index contributed by atoms with van der Waals surface area (Å²) >= 11 is 0. The molecule has 0 bridgehead atoms. The van der Waals surface area contributed by atoms with Crippen molar-refractivity contribution >= 4 is 38.9 Å². The Hall–Kier alpha value is -4.08. The van der Waals surface area contributed by atoms with E-state index in [1.165, 1.54) is 10.5 Å². The van der Waals surface area contributed by atoms with Crippen LogP contribution in [-0.4, -0.2) is 16.5 Å². The van der Waals surface area contributed by atoms with Crippen molar-refractivity contribution in [1.82, 2.24) is 9.55 Å². The van der Waals surface area contributed by atoms with Gasteiger partial charge >= 0.3 is 21.1 Å². The van der Waals surface area contributed by atoms with E-state index in [1.54, 1.807) is 6.67 Å². The second-order valence-electron chi connectivity index (χ2n) is 11.4. The van der Waals surface area contributed by atoms with Crippen LogP contribution in [0.15, 0.2) is 97.2 Å². The van der Waals surface area contributed by atoms with Crippen LogP contribution in [0.1, 0.15) is 36.0 Å². The number of pyridine rings is 1. The van der Waals surface area contributed by atoms with Crippen LogP contribution in [0.3, 0.4) is 0 Å². The molecule has 1 aliphatic heterocycles. The molecule has 0 saturated heterocycles. The normalized spacial score (nSPS) is 14.3. The zero-order valence-corrected chi connectivity index (χ0v) is 26.1. The van der Waals surface area contributed by atoms with E-state index in [0.29, 0.717) is 22.9 Å². The zero-order chi connectivity index (χ0) is 30.8. The molecule has 0 radical (unpaired) electrons. The summed E-state index contributed by atoms with van der Waals surface area (Å²) in [6.07, 6.45) is 1.88. The number of benzene rings is 4. The fraction of sp³-hybridized carbons (Fsp3) is 0.167. The van der Waals surface area contributed by atoms with E-state index in [-0.39, 0.29) is 26.5 Å². The number of fused-ring (bicyclic) bond motifs is 4. The zero-order valence-electron chi connectivity index (χ0n) is 26.8. The molecule has 3 heterocycles. The Labute approximate surface area is 265 Å². The van der Waals surface area contributed by atoms with Gasteiger partial charge in [-0.2, -0.15) is 12.7 Å². The number of hydrogen-bond donors (Lipinski definition) is 0. The fourth-order valence-corrected chi connectivity index (χ4v) is 5.62. The van der Waals surface area contributed by atoms with E-state index in [0.717, 1.165) is 38.9 Å². The van der Waals surface area contributed by atoms with E-state index >= 15 is 0 Å². The Balaban J connectivity index is 0.00000357. The summed E-state index contributed by atoms with van der Waals surface area (Å²) in [4.78, 5) is 7.95. The second-order valence-corrected chi connectivity index (χ2v) is 11.4. The number of aromatic nitrogens is 2. The van der Waals surface area contributed by atoms with Crippen molar-refractivity contribution in [3.05, 3.63) is 121 Å². The van der Waals surface area contributed by atoms with Crippen LogP contribution in [0.5, 0.6) is 11.5 Å². The number of ether oxygens (including phenoxy) is 1. The van der Waals surface area contributed by atoms with Crippen molar-refractivity contribution in [1.29, 1.82) is 0 Å². The van der Waals surface area contributed by atoms with Crippen LogP contribution < -0.4 is 14.5 Å². The molecule has 0 amide bonds. The van der Waals surface area contributed by atoms with Gasteiger partial charge in [0.15, 0.2) is 0 Å². The van der Waals surface area contributed by atoms with Gasteiger partial charge in [-0.3, -0.25) is 4.57 Å². The van der Waals surface area contributed by atoms with Crippen LogP contribution in [-0.2, 0) is 26.5 Å². The predicted octanol–water partition coefficient (Wildman–Crippen LogP) is 9.08. The molecular weight excluding hydrogens is 700 g/mol. The Morgan fingerprint density at radius 2 is 1.67 bits per heavy atom. The maximum absolute atomic E-state index is 8.01. The van der Waals surface area contributed by atoms with Crippen LogP contribution in [0, 0.1) is 19.7 Å². The molecule has 2 aromatic heterocycles. The Bertz CT molecular complexity index is 2050. The summed E-state index contributed by atoms with van der Waals surface area (Å²) < 4.78 is 32.8. The molecule has 0 spiro atoms. The fourth-order valence-electron chi connectivity index (χ4n) is 5.62. The molecule has 0 atom stereocenters. The minimum Gasteiger partial charge on any atom is -0.504 e. The van der Waals surface area contributed by atoms with Crippen molar-refractivity contribution in [3.8, 4) is 17.3 Å². The molecule has 1 aliphatic rings. The van der Waals surface area contributed by atoms with Gasteiger partial charge in [-0.15, -0.1) is 23.9 Å². The first-order valence-electron chi connectivity index (χ1n) is 15.2. The smallest absolute Gasteiger partial charge is 0.504 e. The van der Waals surface area contributed by atoms with E-state index in [1.807, 2.05) is 59.6 Å². The van der Waals surface area contributed by atoms with Crippen LogP contribution in [0.2, 0.25) is 0 Å². The third kappa shape index (κ3) is 4.66. The van der Waals surface area contributed by atoms with Gasteiger partial charge in [-0.1, -0.05) is 51.1 Å². The average Bonchev–Trinajstić information content (AvgIpc) is 3.56. The molecule has 0 fully saturated rings. The predicted molar refractivity (Wildman–Crippen MR) is 169 cm³/mol. The molecule has 0 aliphatic carbocycles.